The number of ether oxygens (including phenoxy) is 4. The number of amides is 1. The van der Waals surface area contributed by atoms with Gasteiger partial charge in [0.15, 0.2) is 21.4 Å². The molecule has 1 heterocycles. The molecule has 1 fully saturated rings. The third-order valence-corrected chi connectivity index (χ3v) is 10.9. The number of nitrogens with one attached hydrogen (secondary N) is 1. The van der Waals surface area contributed by atoms with E-state index in [2.05, 4.69) is 12.2 Å². The number of aliphatic hydroxyl groups is 1. The molecule has 2 N–H and O–H groups in total. The fraction of sp³-hybridized carbons (Fsp3) is 0.674. The lowest BCUT2D eigenvalue weighted by molar-refractivity contribution is -0.259. The molecule has 0 spiro atoms. The van der Waals surface area contributed by atoms with Gasteiger partial charge in [-0.05, 0) is 83.5 Å². The van der Waals surface area contributed by atoms with Crippen molar-refractivity contribution in [2.75, 3.05) is 6.61 Å². The molecule has 0 bridgehead atoms. The van der Waals surface area contributed by atoms with E-state index in [-0.39, 0.29) is 31.8 Å². The Morgan fingerprint density at radius 2 is 1.33 bits per heavy atom. The largest absolute Gasteiger partial charge is 0.462 e. The lowest BCUT2D eigenvalue weighted by Gasteiger charge is -2.45. The van der Waals surface area contributed by atoms with Crippen LogP contribution >= 0.6 is 0 Å². The molecule has 11 heteroatoms. The van der Waals surface area contributed by atoms with E-state index >= 15 is 0 Å². The molecule has 1 saturated heterocycles. The molecular weight excluding hydrogens is 739 g/mol. The quantitative estimate of drug-likeness (QED) is 0.0518. The van der Waals surface area contributed by atoms with E-state index in [4.69, 9.17) is 23.4 Å². The zero-order chi connectivity index (χ0) is 41.5. The maximum Gasteiger partial charge on any atom is 0.306 e. The number of aliphatic hydroxyl groups excluding tert-OH is 1. The number of aryl methyl sites for hydroxylation is 2. The van der Waals surface area contributed by atoms with E-state index in [1.807, 2.05) is 94.5 Å². The van der Waals surface area contributed by atoms with Crippen LogP contribution in [0.5, 0.6) is 0 Å². The van der Waals surface area contributed by atoms with Crippen molar-refractivity contribution < 1.29 is 42.9 Å². The van der Waals surface area contributed by atoms with Crippen LogP contribution in [0.15, 0.2) is 60.7 Å². The lowest BCUT2D eigenvalue weighted by atomic mass is 9.96. The molecule has 10 nitrogen and oxygen atoms in total. The second-order valence-corrected chi connectivity index (χ2v) is 19.2. The minimum atomic E-state index is -1.77. The second kappa shape index (κ2) is 26.8. The average Bonchev–Trinajstić information content (AvgIpc) is 3.16. The van der Waals surface area contributed by atoms with Gasteiger partial charge in [-0.25, -0.2) is 0 Å². The van der Waals surface area contributed by atoms with Gasteiger partial charge in [-0.1, -0.05) is 119 Å². The third-order valence-electron chi connectivity index (χ3n) is 10.1. The Bertz CT molecular complexity index is 1400. The Morgan fingerprint density at radius 1 is 0.789 bits per heavy atom. The highest BCUT2D eigenvalue weighted by molar-refractivity contribution is 6.48. The van der Waals surface area contributed by atoms with Crippen molar-refractivity contribution in [3.8, 4) is 0 Å². The summed E-state index contributed by atoms with van der Waals surface area (Å²) in [6.07, 6.45) is 8.97. The molecule has 6 atom stereocenters. The maximum atomic E-state index is 14.0. The summed E-state index contributed by atoms with van der Waals surface area (Å²) in [5, 5.41) is 14.7. The fourth-order valence-electron chi connectivity index (χ4n) is 7.02. The molecule has 2 aromatic rings. The van der Waals surface area contributed by atoms with Gasteiger partial charge in [0.05, 0.1) is 18.6 Å². The molecule has 2 aromatic carbocycles. The molecule has 57 heavy (non-hydrogen) atoms. The van der Waals surface area contributed by atoms with Gasteiger partial charge in [0, 0.05) is 12.8 Å². The molecule has 0 aromatic heterocycles. The van der Waals surface area contributed by atoms with Crippen LogP contribution in [0.1, 0.15) is 135 Å². The van der Waals surface area contributed by atoms with Crippen LogP contribution in [0.25, 0.3) is 0 Å². The number of hydrogen-bond donors (Lipinski definition) is 2. The molecule has 1 aliphatic heterocycles. The zero-order valence-corrected chi connectivity index (χ0v) is 36.9. The number of carbonyl (C=O) groups is 3. The van der Waals surface area contributed by atoms with Gasteiger partial charge in [-0.3, -0.25) is 14.4 Å². The summed E-state index contributed by atoms with van der Waals surface area (Å²) in [6.45, 7) is 11.9. The van der Waals surface area contributed by atoms with E-state index in [1.165, 1.54) is 38.5 Å². The molecule has 1 aliphatic rings. The molecule has 3 rings (SSSR count). The summed E-state index contributed by atoms with van der Waals surface area (Å²) in [7, 11) is -1.77. The van der Waals surface area contributed by atoms with Crippen molar-refractivity contribution in [2.24, 2.45) is 0 Å². The van der Waals surface area contributed by atoms with Gasteiger partial charge >= 0.3 is 11.9 Å². The van der Waals surface area contributed by atoms with Crippen molar-refractivity contribution in [1.82, 2.24) is 5.32 Å². The Balaban J connectivity index is 1.72. The summed E-state index contributed by atoms with van der Waals surface area (Å²) in [4.78, 5) is 40.4. The molecule has 0 saturated carbocycles. The standard InChI is InChI=1S/C46H73NO9Si/c1-7-8-9-10-11-12-13-14-21-30-37(53-40(49)31-22-28-35-24-17-15-18-25-35)33-39(48)47-42-44(55-41(50)32-23-29-36-26-19-16-20-27-36)43(51)38(34-52-46(2,3)4)54-45(42)56-57(5)6/h15-20,24-27,37-38,42-45,51,57H,7-14,21-23,28-34H2,1-6H3,(H,47,48)/t37?,38-,42-,43-,44-,45?/m1/s1. The topological polar surface area (TPSA) is 130 Å². The van der Waals surface area contributed by atoms with E-state index in [9.17, 15) is 19.5 Å². The highest BCUT2D eigenvalue weighted by Gasteiger charge is 2.49. The number of unbranched alkanes of at least 4 members (excludes halogenated alkanes) is 8. The molecule has 2 unspecified atom stereocenters. The average molecular weight is 812 g/mol. The van der Waals surface area contributed by atoms with Crippen LogP contribution in [0, 0.1) is 0 Å². The number of carbonyl (C=O) groups excluding carboxylic acids is 3. The first kappa shape index (κ1) is 48.3. The first-order valence-corrected chi connectivity index (χ1v) is 24.5. The van der Waals surface area contributed by atoms with E-state index in [0.717, 1.165) is 36.8 Å². The first-order chi connectivity index (χ1) is 27.3. The predicted octanol–water partition coefficient (Wildman–Crippen LogP) is 8.55. The van der Waals surface area contributed by atoms with Gasteiger partial charge in [-0.15, -0.1) is 0 Å². The SMILES string of the molecule is CCCCCCCCCCCC(CC(=O)N[C@H]1C(O[SiH](C)C)O[C@H](COC(C)(C)C)[C@@H](O)[C@@H]1OC(=O)CCCc1ccccc1)OC(=O)CCCc1ccccc1. The van der Waals surface area contributed by atoms with Crippen LogP contribution < -0.4 is 5.32 Å². The van der Waals surface area contributed by atoms with Crippen molar-refractivity contribution in [3.63, 3.8) is 0 Å². The van der Waals surface area contributed by atoms with Crippen molar-refractivity contribution in [3.05, 3.63) is 71.8 Å². The molecule has 320 valence electrons. The summed E-state index contributed by atoms with van der Waals surface area (Å²) >= 11 is 0. The zero-order valence-electron chi connectivity index (χ0n) is 35.8. The highest BCUT2D eigenvalue weighted by Crippen LogP contribution is 2.28. The van der Waals surface area contributed by atoms with Crippen LogP contribution in [-0.4, -0.2) is 80.9 Å². The molecular formula is C46H73NO9Si. The normalized spacial score (nSPS) is 20.2. The number of benzene rings is 2. The van der Waals surface area contributed by atoms with Gasteiger partial charge in [-0.2, -0.15) is 0 Å². The highest BCUT2D eigenvalue weighted by atomic mass is 28.3. The van der Waals surface area contributed by atoms with Gasteiger partial charge in [0.1, 0.15) is 24.4 Å². The summed E-state index contributed by atoms with van der Waals surface area (Å²) in [6, 6.07) is 18.9. The molecule has 0 radical (unpaired) electrons. The number of rotatable bonds is 27. The summed E-state index contributed by atoms with van der Waals surface area (Å²) in [5.74, 6) is -1.21. The first-order valence-electron chi connectivity index (χ1n) is 21.7. The summed E-state index contributed by atoms with van der Waals surface area (Å²) in [5.41, 5.74) is 1.77. The lowest BCUT2D eigenvalue weighted by Crippen LogP contribution is -2.66. The smallest absolute Gasteiger partial charge is 0.306 e. The van der Waals surface area contributed by atoms with Gasteiger partial charge < -0.3 is 33.8 Å². The van der Waals surface area contributed by atoms with E-state index < -0.39 is 63.3 Å². The van der Waals surface area contributed by atoms with E-state index in [0.29, 0.717) is 25.7 Å². The Morgan fingerprint density at radius 3 is 1.88 bits per heavy atom. The van der Waals surface area contributed by atoms with Gasteiger partial charge in [0.25, 0.3) is 0 Å². The second-order valence-electron chi connectivity index (χ2n) is 16.8. The predicted molar refractivity (Wildman–Crippen MR) is 227 cm³/mol. The van der Waals surface area contributed by atoms with Crippen LogP contribution in [-0.2, 0) is 50.6 Å². The van der Waals surface area contributed by atoms with Crippen molar-refractivity contribution >= 4 is 26.9 Å². The van der Waals surface area contributed by atoms with Crippen LogP contribution in [0.2, 0.25) is 13.1 Å². The number of esters is 2. The number of hydrogen-bond acceptors (Lipinski definition) is 9. The summed E-state index contributed by atoms with van der Waals surface area (Å²) < 4.78 is 30.6. The fourth-order valence-corrected chi connectivity index (χ4v) is 7.79. The molecule has 1 amide bonds. The minimum absolute atomic E-state index is 0.0357. The Kier molecular flexibility index (Phi) is 22.7. The third kappa shape index (κ3) is 20.4. The minimum Gasteiger partial charge on any atom is -0.462 e. The van der Waals surface area contributed by atoms with E-state index in [1.54, 1.807) is 0 Å². The van der Waals surface area contributed by atoms with Crippen LogP contribution in [0.3, 0.4) is 0 Å². The van der Waals surface area contributed by atoms with Crippen LogP contribution in [0.4, 0.5) is 0 Å². The molecule has 0 aliphatic carbocycles. The Labute approximate surface area is 344 Å². The van der Waals surface area contributed by atoms with Crippen molar-refractivity contribution in [2.45, 2.75) is 192 Å². The Hall–Kier alpha value is -3.09. The maximum absolute atomic E-state index is 14.0. The van der Waals surface area contributed by atoms with Gasteiger partial charge in [0.2, 0.25) is 5.91 Å². The monoisotopic (exact) mass is 812 g/mol. The van der Waals surface area contributed by atoms with Crippen molar-refractivity contribution in [1.29, 1.82) is 0 Å².